The fourth-order valence-electron chi connectivity index (χ4n) is 3.19. The monoisotopic (exact) mass is 329 g/mol. The highest BCUT2D eigenvalue weighted by atomic mass is 16.2. The van der Waals surface area contributed by atoms with Crippen molar-refractivity contribution in [1.29, 1.82) is 0 Å². The summed E-state index contributed by atoms with van der Waals surface area (Å²) in [5.41, 5.74) is 3.19. The Kier molecular flexibility index (Phi) is 5.16. The second-order valence-electron chi connectivity index (χ2n) is 6.75. The van der Waals surface area contributed by atoms with Crippen molar-refractivity contribution in [1.82, 2.24) is 24.7 Å². The van der Waals surface area contributed by atoms with E-state index in [1.807, 2.05) is 14.0 Å². The van der Waals surface area contributed by atoms with E-state index in [9.17, 15) is 4.79 Å². The van der Waals surface area contributed by atoms with E-state index in [4.69, 9.17) is 0 Å². The summed E-state index contributed by atoms with van der Waals surface area (Å²) in [4.78, 5) is 21.3. The third-order valence-electron chi connectivity index (χ3n) is 4.84. The maximum atomic E-state index is 12.2. The third-order valence-corrected chi connectivity index (χ3v) is 4.84. The molecule has 0 bridgehead atoms. The molecule has 1 amide bonds. The molecule has 0 atom stereocenters. The number of nitrogens with zero attached hydrogens (tertiary/aromatic N) is 4. The van der Waals surface area contributed by atoms with E-state index in [0.717, 1.165) is 55.0 Å². The zero-order valence-corrected chi connectivity index (χ0v) is 14.9. The Bertz CT molecular complexity index is 724. The molecule has 0 saturated carbocycles. The molecule has 1 N–H and O–H groups in total. The summed E-state index contributed by atoms with van der Waals surface area (Å²) in [6.45, 7) is 7.14. The molecule has 24 heavy (non-hydrogen) atoms. The van der Waals surface area contributed by atoms with Crippen LogP contribution in [0.25, 0.3) is 11.0 Å². The van der Waals surface area contributed by atoms with Crippen molar-refractivity contribution in [2.75, 3.05) is 39.8 Å². The van der Waals surface area contributed by atoms with Gasteiger partial charge in [0.05, 0.1) is 17.6 Å². The molecule has 6 nitrogen and oxygen atoms in total. The summed E-state index contributed by atoms with van der Waals surface area (Å²) in [6.07, 6.45) is 1.12. The van der Waals surface area contributed by atoms with Gasteiger partial charge in [0.2, 0.25) is 5.91 Å². The van der Waals surface area contributed by atoms with E-state index in [0.29, 0.717) is 13.1 Å². The van der Waals surface area contributed by atoms with Crippen LogP contribution in [0.2, 0.25) is 0 Å². The normalized spacial score (nSPS) is 17.1. The number of nitrogens with one attached hydrogen (secondary N) is 1. The van der Waals surface area contributed by atoms with Crippen molar-refractivity contribution in [2.24, 2.45) is 7.05 Å². The van der Waals surface area contributed by atoms with Crippen molar-refractivity contribution in [2.45, 2.75) is 19.9 Å². The minimum absolute atomic E-state index is 0.0943. The molecule has 3 rings (SSSR count). The lowest BCUT2D eigenvalue weighted by atomic mass is 10.2. The first-order valence-corrected chi connectivity index (χ1v) is 8.62. The highest BCUT2D eigenvalue weighted by Gasteiger charge is 2.15. The number of aromatic nitrogens is 2. The first-order chi connectivity index (χ1) is 11.5. The van der Waals surface area contributed by atoms with E-state index in [-0.39, 0.29) is 5.91 Å². The van der Waals surface area contributed by atoms with E-state index in [2.05, 4.69) is 49.9 Å². The molecule has 6 heteroatoms. The van der Waals surface area contributed by atoms with Crippen LogP contribution in [0, 0.1) is 6.92 Å². The van der Waals surface area contributed by atoms with Crippen LogP contribution >= 0.6 is 0 Å². The van der Waals surface area contributed by atoms with Crippen LogP contribution in [0.1, 0.15) is 17.8 Å². The number of fused-ring (bicyclic) bond motifs is 1. The molecule has 1 aliphatic heterocycles. The van der Waals surface area contributed by atoms with E-state index in [1.165, 1.54) is 0 Å². The van der Waals surface area contributed by atoms with E-state index in [1.54, 1.807) is 0 Å². The van der Waals surface area contributed by atoms with Gasteiger partial charge in [-0.3, -0.25) is 9.69 Å². The van der Waals surface area contributed by atoms with Crippen LogP contribution in [0.15, 0.2) is 18.2 Å². The van der Waals surface area contributed by atoms with Gasteiger partial charge in [-0.25, -0.2) is 4.98 Å². The van der Waals surface area contributed by atoms with E-state index >= 15 is 0 Å². The van der Waals surface area contributed by atoms with Gasteiger partial charge in [0, 0.05) is 26.7 Å². The molecule has 0 unspecified atom stereocenters. The Morgan fingerprint density at radius 2 is 2.04 bits per heavy atom. The van der Waals surface area contributed by atoms with E-state index < -0.39 is 0 Å². The van der Waals surface area contributed by atoms with Crippen LogP contribution in [-0.2, 0) is 18.4 Å². The third kappa shape index (κ3) is 3.94. The van der Waals surface area contributed by atoms with Crippen LogP contribution in [0.5, 0.6) is 0 Å². The van der Waals surface area contributed by atoms with Gasteiger partial charge in [-0.05, 0) is 51.2 Å². The maximum absolute atomic E-state index is 12.2. The second kappa shape index (κ2) is 7.32. The van der Waals surface area contributed by atoms with Gasteiger partial charge in [0.25, 0.3) is 0 Å². The molecule has 130 valence electrons. The van der Waals surface area contributed by atoms with Gasteiger partial charge >= 0.3 is 0 Å². The van der Waals surface area contributed by atoms with Gasteiger partial charge in [-0.2, -0.15) is 0 Å². The summed E-state index contributed by atoms with van der Waals surface area (Å²) in [6, 6.07) is 6.19. The Hall–Kier alpha value is -1.92. The first kappa shape index (κ1) is 16.9. The fourth-order valence-corrected chi connectivity index (χ4v) is 3.19. The molecule has 0 radical (unpaired) electrons. The van der Waals surface area contributed by atoms with Crippen LogP contribution in [-0.4, -0.2) is 65.0 Å². The van der Waals surface area contributed by atoms with Gasteiger partial charge in [0.15, 0.2) is 0 Å². The molecule has 1 aromatic heterocycles. The van der Waals surface area contributed by atoms with Gasteiger partial charge in [-0.1, -0.05) is 6.07 Å². The highest BCUT2D eigenvalue weighted by molar-refractivity contribution is 5.79. The largest absolute Gasteiger partial charge is 0.351 e. The number of benzene rings is 1. The van der Waals surface area contributed by atoms with Crippen LogP contribution < -0.4 is 5.32 Å². The lowest BCUT2D eigenvalue weighted by Crippen LogP contribution is -2.38. The van der Waals surface area contributed by atoms with Crippen molar-refractivity contribution in [3.8, 4) is 0 Å². The number of likely N-dealkylation sites (N-methyl/N-ethyl adjacent to an activating group) is 1. The number of hydrogen-bond acceptors (Lipinski definition) is 4. The number of amides is 1. The lowest BCUT2D eigenvalue weighted by molar-refractivity contribution is -0.122. The predicted molar refractivity (Wildman–Crippen MR) is 95.9 cm³/mol. The Labute approximate surface area is 143 Å². The predicted octanol–water partition coefficient (Wildman–Crippen LogP) is 1.14. The molecule has 2 heterocycles. The molecule has 1 aliphatic rings. The second-order valence-corrected chi connectivity index (χ2v) is 6.75. The Morgan fingerprint density at radius 3 is 2.88 bits per heavy atom. The molecule has 0 spiro atoms. The number of rotatable bonds is 4. The maximum Gasteiger partial charge on any atom is 0.234 e. The zero-order valence-electron chi connectivity index (χ0n) is 14.9. The zero-order chi connectivity index (χ0) is 17.1. The summed E-state index contributed by atoms with van der Waals surface area (Å²) < 4.78 is 2.08. The van der Waals surface area contributed by atoms with Crippen molar-refractivity contribution >= 4 is 16.9 Å². The topological polar surface area (TPSA) is 53.4 Å². The summed E-state index contributed by atoms with van der Waals surface area (Å²) in [7, 11) is 4.16. The number of imidazole rings is 1. The molecule has 1 saturated heterocycles. The average molecular weight is 329 g/mol. The number of aryl methyl sites for hydroxylation is 2. The lowest BCUT2D eigenvalue weighted by Gasteiger charge is -2.19. The van der Waals surface area contributed by atoms with Crippen LogP contribution in [0.3, 0.4) is 0 Å². The van der Waals surface area contributed by atoms with Gasteiger partial charge in [-0.15, -0.1) is 0 Å². The smallest absolute Gasteiger partial charge is 0.234 e. The fraction of sp³-hybridized carbons (Fsp3) is 0.556. The first-order valence-electron chi connectivity index (χ1n) is 8.62. The van der Waals surface area contributed by atoms with Gasteiger partial charge < -0.3 is 14.8 Å². The Morgan fingerprint density at radius 1 is 1.21 bits per heavy atom. The number of hydrogen-bond donors (Lipinski definition) is 1. The molecule has 1 aromatic carbocycles. The molecule has 1 fully saturated rings. The highest BCUT2D eigenvalue weighted by Crippen LogP contribution is 2.16. The Balaban J connectivity index is 1.54. The minimum atomic E-state index is 0.0943. The SMILES string of the molecule is Cc1nc2cc(CNC(=O)CN3CCCN(C)CC3)ccc2n1C. The quantitative estimate of drug-likeness (QED) is 0.914. The van der Waals surface area contributed by atoms with Crippen molar-refractivity contribution < 1.29 is 4.79 Å². The molecular weight excluding hydrogens is 302 g/mol. The summed E-state index contributed by atoms with van der Waals surface area (Å²) in [5, 5.41) is 3.04. The minimum Gasteiger partial charge on any atom is -0.351 e. The summed E-state index contributed by atoms with van der Waals surface area (Å²) in [5.74, 6) is 1.09. The number of carbonyl (C=O) groups is 1. The average Bonchev–Trinajstić information content (AvgIpc) is 2.71. The molecular formula is C18H27N5O. The van der Waals surface area contributed by atoms with Crippen LogP contribution in [0.4, 0.5) is 0 Å². The molecule has 2 aromatic rings. The summed E-state index contributed by atoms with van der Waals surface area (Å²) >= 11 is 0. The van der Waals surface area contributed by atoms with Crippen molar-refractivity contribution in [3.63, 3.8) is 0 Å². The van der Waals surface area contributed by atoms with Gasteiger partial charge in [0.1, 0.15) is 5.82 Å². The van der Waals surface area contributed by atoms with Crippen molar-refractivity contribution in [3.05, 3.63) is 29.6 Å². The standard InChI is InChI=1S/C18H27N5O/c1-14-20-16-11-15(5-6-17(16)22(14)3)12-19-18(24)13-23-8-4-7-21(2)9-10-23/h5-6,11H,4,7-10,12-13H2,1-3H3,(H,19,24). The molecule has 0 aliphatic carbocycles. The number of carbonyl (C=O) groups excluding carboxylic acids is 1.